The summed E-state index contributed by atoms with van der Waals surface area (Å²) in [4.78, 5) is 4.65. The summed E-state index contributed by atoms with van der Waals surface area (Å²) < 4.78 is 0. The fourth-order valence-electron chi connectivity index (χ4n) is 3.08. The lowest BCUT2D eigenvalue weighted by atomic mass is 9.97. The lowest BCUT2D eigenvalue weighted by molar-refractivity contribution is 1.19. The van der Waals surface area contributed by atoms with Gasteiger partial charge in [0.05, 0.1) is 5.69 Å². The van der Waals surface area contributed by atoms with Crippen LogP contribution in [0.15, 0.2) is 60.3 Å². The van der Waals surface area contributed by atoms with E-state index in [1.807, 2.05) is 6.20 Å². The molecule has 1 aromatic heterocycles. The number of rotatable bonds is 1. The van der Waals surface area contributed by atoms with E-state index < -0.39 is 0 Å². The maximum absolute atomic E-state index is 4.65. The summed E-state index contributed by atoms with van der Waals surface area (Å²) in [5, 5.41) is 2.47. The Morgan fingerprint density at radius 2 is 1.85 bits per heavy atom. The Labute approximate surface area is 118 Å². The smallest absolute Gasteiger partial charge is 0.0786 e. The Morgan fingerprint density at radius 1 is 0.950 bits per heavy atom. The van der Waals surface area contributed by atoms with Crippen LogP contribution in [0.25, 0.3) is 28.1 Å². The van der Waals surface area contributed by atoms with Crippen LogP contribution >= 0.6 is 0 Å². The quantitative estimate of drug-likeness (QED) is 0.606. The first-order valence-corrected chi connectivity index (χ1v) is 6.96. The second kappa shape index (κ2) is 4.31. The van der Waals surface area contributed by atoms with Crippen LogP contribution in [0.4, 0.5) is 0 Å². The third kappa shape index (κ3) is 1.67. The molecule has 0 unspecified atom stereocenters. The van der Waals surface area contributed by atoms with Gasteiger partial charge in [0.2, 0.25) is 0 Å². The van der Waals surface area contributed by atoms with Gasteiger partial charge in [-0.05, 0) is 35.9 Å². The van der Waals surface area contributed by atoms with Crippen LogP contribution in [0.2, 0.25) is 0 Å². The largest absolute Gasteiger partial charge is 0.256 e. The van der Waals surface area contributed by atoms with Crippen molar-refractivity contribution in [1.82, 2.24) is 4.98 Å². The van der Waals surface area contributed by atoms with Crippen molar-refractivity contribution in [2.24, 2.45) is 0 Å². The molecule has 20 heavy (non-hydrogen) atoms. The molecule has 0 N–H and O–H groups in total. The van der Waals surface area contributed by atoms with E-state index in [1.54, 1.807) is 0 Å². The van der Waals surface area contributed by atoms with E-state index in [0.717, 1.165) is 12.1 Å². The first kappa shape index (κ1) is 11.4. The van der Waals surface area contributed by atoms with Crippen LogP contribution in [0.5, 0.6) is 0 Å². The van der Waals surface area contributed by atoms with E-state index in [1.165, 1.54) is 33.0 Å². The number of hydrogen-bond acceptors (Lipinski definition) is 1. The molecule has 0 saturated carbocycles. The molecule has 4 rings (SSSR count). The number of fused-ring (bicyclic) bond motifs is 2. The van der Waals surface area contributed by atoms with Gasteiger partial charge in [-0.15, -0.1) is 0 Å². The summed E-state index contributed by atoms with van der Waals surface area (Å²) in [7, 11) is 0. The highest BCUT2D eigenvalue weighted by atomic mass is 14.7. The number of hydrogen-bond donors (Lipinski definition) is 0. The Hall–Kier alpha value is -2.41. The highest BCUT2D eigenvalue weighted by molar-refractivity contribution is 5.97. The fraction of sp³-hybridized carbons (Fsp3) is 0.105. The molecule has 1 nitrogen and oxygen atoms in total. The molecule has 1 heterocycles. The van der Waals surface area contributed by atoms with E-state index in [-0.39, 0.29) is 0 Å². The molecule has 0 aliphatic heterocycles. The Morgan fingerprint density at radius 3 is 2.80 bits per heavy atom. The summed E-state index contributed by atoms with van der Waals surface area (Å²) in [6.45, 7) is 2.19. The molecule has 1 aliphatic carbocycles. The maximum Gasteiger partial charge on any atom is 0.0786 e. The molecular formula is C19H15N. The monoisotopic (exact) mass is 257 g/mol. The summed E-state index contributed by atoms with van der Waals surface area (Å²) in [5.74, 6) is 0. The molecule has 1 aliphatic rings. The first-order valence-electron chi connectivity index (χ1n) is 6.96. The number of benzene rings is 2. The Bertz CT molecular complexity index is 838. The topological polar surface area (TPSA) is 12.9 Å². The van der Waals surface area contributed by atoms with Crippen molar-refractivity contribution in [2.75, 3.05) is 0 Å². The molecule has 0 radical (unpaired) electrons. The van der Waals surface area contributed by atoms with Crippen molar-refractivity contribution in [2.45, 2.75) is 13.3 Å². The van der Waals surface area contributed by atoms with Crippen LogP contribution in [-0.4, -0.2) is 4.98 Å². The van der Waals surface area contributed by atoms with Crippen molar-refractivity contribution < 1.29 is 0 Å². The van der Waals surface area contributed by atoms with Gasteiger partial charge in [0.1, 0.15) is 0 Å². The van der Waals surface area contributed by atoms with Crippen LogP contribution in [0, 0.1) is 0 Å². The van der Waals surface area contributed by atoms with Crippen molar-refractivity contribution in [3.63, 3.8) is 0 Å². The van der Waals surface area contributed by atoms with Gasteiger partial charge >= 0.3 is 0 Å². The van der Waals surface area contributed by atoms with E-state index in [9.17, 15) is 0 Å². The minimum atomic E-state index is 1.06. The predicted molar refractivity (Wildman–Crippen MR) is 84.5 cm³/mol. The second-order valence-electron chi connectivity index (χ2n) is 5.43. The Balaban J connectivity index is 2.04. The second-order valence-corrected chi connectivity index (χ2v) is 5.43. The van der Waals surface area contributed by atoms with Crippen molar-refractivity contribution in [3.8, 4) is 11.3 Å². The van der Waals surface area contributed by atoms with E-state index in [4.69, 9.17) is 0 Å². The van der Waals surface area contributed by atoms with E-state index in [2.05, 4.69) is 66.5 Å². The lowest BCUT2D eigenvalue weighted by Crippen LogP contribution is -1.91. The van der Waals surface area contributed by atoms with Gasteiger partial charge in [0, 0.05) is 17.1 Å². The molecule has 96 valence electrons. The molecule has 0 saturated heterocycles. The molecule has 3 aromatic rings. The average Bonchev–Trinajstić information content (AvgIpc) is 2.87. The van der Waals surface area contributed by atoms with Gasteiger partial charge in [0.25, 0.3) is 0 Å². The van der Waals surface area contributed by atoms with Crippen LogP contribution < -0.4 is 0 Å². The maximum atomic E-state index is 4.65. The predicted octanol–water partition coefficient (Wildman–Crippen LogP) is 4.86. The van der Waals surface area contributed by atoms with Gasteiger partial charge in [-0.2, -0.15) is 0 Å². The molecular weight excluding hydrogens is 242 g/mol. The molecule has 0 atom stereocenters. The van der Waals surface area contributed by atoms with E-state index in [0.29, 0.717) is 0 Å². The van der Waals surface area contributed by atoms with Crippen LogP contribution in [0.3, 0.4) is 0 Å². The van der Waals surface area contributed by atoms with Crippen LogP contribution in [0.1, 0.15) is 18.1 Å². The zero-order valence-corrected chi connectivity index (χ0v) is 11.4. The molecule has 0 spiro atoms. The molecule has 1 heteroatoms. The minimum absolute atomic E-state index is 1.06. The minimum Gasteiger partial charge on any atom is -0.256 e. The van der Waals surface area contributed by atoms with Crippen molar-refractivity contribution in [1.29, 1.82) is 0 Å². The highest BCUT2D eigenvalue weighted by Gasteiger charge is 2.16. The van der Waals surface area contributed by atoms with Gasteiger partial charge < -0.3 is 0 Å². The number of pyridine rings is 1. The zero-order valence-electron chi connectivity index (χ0n) is 11.4. The molecule has 0 amide bonds. The first-order chi connectivity index (χ1) is 9.83. The molecule has 0 bridgehead atoms. The third-order valence-corrected chi connectivity index (χ3v) is 3.99. The van der Waals surface area contributed by atoms with Gasteiger partial charge in [-0.3, -0.25) is 4.98 Å². The summed E-state index contributed by atoms with van der Waals surface area (Å²) >= 11 is 0. The van der Waals surface area contributed by atoms with Gasteiger partial charge in [-0.25, -0.2) is 0 Å². The highest BCUT2D eigenvalue weighted by Crippen LogP contribution is 2.35. The summed E-state index contributed by atoms with van der Waals surface area (Å²) in [5.41, 5.74) is 6.51. The standard InChI is InChI=1S/C19H15N/c1-13-11-15-6-4-8-17(18(15)12-13)19-16-7-3-2-5-14(16)9-10-20-19/h2-10,12H,11H2,1H3. The number of allylic oxidation sites excluding steroid dienone is 1. The van der Waals surface area contributed by atoms with E-state index >= 15 is 0 Å². The average molecular weight is 257 g/mol. The lowest BCUT2D eigenvalue weighted by Gasteiger charge is -2.09. The normalized spacial score (nSPS) is 13.3. The van der Waals surface area contributed by atoms with Crippen molar-refractivity contribution >= 4 is 16.8 Å². The van der Waals surface area contributed by atoms with Gasteiger partial charge in [0.15, 0.2) is 0 Å². The van der Waals surface area contributed by atoms with Crippen LogP contribution in [-0.2, 0) is 6.42 Å². The SMILES string of the molecule is CC1=Cc2c(cccc2-c2nccc3ccccc23)C1. The number of nitrogens with zero attached hydrogens (tertiary/aromatic N) is 1. The summed E-state index contributed by atoms with van der Waals surface area (Å²) in [6, 6.07) is 17.1. The van der Waals surface area contributed by atoms with Crippen molar-refractivity contribution in [3.05, 3.63) is 71.4 Å². The Kier molecular flexibility index (Phi) is 2.46. The molecule has 0 fully saturated rings. The third-order valence-electron chi connectivity index (χ3n) is 3.99. The fourth-order valence-corrected chi connectivity index (χ4v) is 3.08. The van der Waals surface area contributed by atoms with Gasteiger partial charge in [-0.1, -0.05) is 54.1 Å². The number of aromatic nitrogens is 1. The summed E-state index contributed by atoms with van der Waals surface area (Å²) in [6.07, 6.45) is 5.27. The molecule has 2 aromatic carbocycles. The zero-order chi connectivity index (χ0) is 13.5.